The standard InChI is InChI=1S/C5H13NO3S/c1-6(7)4-3-5-10(2,8)9/h7H,3-5H2,1-2H3. The lowest BCUT2D eigenvalue weighted by molar-refractivity contribution is -0.0640. The van der Waals surface area contributed by atoms with Gasteiger partial charge in [-0.05, 0) is 6.42 Å². The van der Waals surface area contributed by atoms with Gasteiger partial charge in [0.1, 0.15) is 9.84 Å². The van der Waals surface area contributed by atoms with Crippen molar-refractivity contribution in [3.63, 3.8) is 0 Å². The summed E-state index contributed by atoms with van der Waals surface area (Å²) < 4.78 is 21.0. The first kappa shape index (κ1) is 9.87. The SMILES string of the molecule is CN(O)CCCS(C)(=O)=O. The second kappa shape index (κ2) is 3.90. The lowest BCUT2D eigenvalue weighted by Crippen LogP contribution is -2.17. The zero-order chi connectivity index (χ0) is 8.20. The normalized spacial score (nSPS) is 12.4. The Kier molecular flexibility index (Phi) is 3.85. The first-order valence-corrected chi connectivity index (χ1v) is 5.05. The van der Waals surface area contributed by atoms with Crippen LogP contribution in [0.25, 0.3) is 0 Å². The second-order valence-electron chi connectivity index (χ2n) is 2.36. The predicted molar refractivity (Wildman–Crippen MR) is 38.7 cm³/mol. The zero-order valence-corrected chi connectivity index (χ0v) is 7.06. The molecule has 0 aliphatic heterocycles. The Bertz CT molecular complexity index is 173. The molecule has 5 heteroatoms. The minimum absolute atomic E-state index is 0.137. The molecule has 0 atom stereocenters. The molecule has 1 N–H and O–H groups in total. The van der Waals surface area contributed by atoms with Crippen LogP contribution in [0, 0.1) is 0 Å². The largest absolute Gasteiger partial charge is 0.314 e. The van der Waals surface area contributed by atoms with Crippen LogP contribution in [0.5, 0.6) is 0 Å². The van der Waals surface area contributed by atoms with Crippen molar-refractivity contribution >= 4 is 9.84 Å². The van der Waals surface area contributed by atoms with Crippen molar-refractivity contribution in [2.75, 3.05) is 25.6 Å². The van der Waals surface area contributed by atoms with E-state index in [-0.39, 0.29) is 5.75 Å². The molecule has 0 unspecified atom stereocenters. The third kappa shape index (κ3) is 7.87. The summed E-state index contributed by atoms with van der Waals surface area (Å²) in [5, 5.41) is 9.57. The smallest absolute Gasteiger partial charge is 0.147 e. The Balaban J connectivity index is 3.39. The van der Waals surface area contributed by atoms with E-state index in [0.717, 1.165) is 5.06 Å². The summed E-state index contributed by atoms with van der Waals surface area (Å²) in [7, 11) is -1.37. The fraction of sp³-hybridized carbons (Fsp3) is 1.00. The van der Waals surface area contributed by atoms with Crippen LogP contribution in [-0.4, -0.2) is 44.3 Å². The first-order chi connectivity index (χ1) is 4.42. The Labute approximate surface area is 61.3 Å². The van der Waals surface area contributed by atoms with E-state index in [0.29, 0.717) is 13.0 Å². The van der Waals surface area contributed by atoms with Gasteiger partial charge in [-0.25, -0.2) is 8.42 Å². The van der Waals surface area contributed by atoms with Gasteiger partial charge >= 0.3 is 0 Å². The summed E-state index contributed by atoms with van der Waals surface area (Å²) in [4.78, 5) is 0. The van der Waals surface area contributed by atoms with Crippen molar-refractivity contribution in [3.8, 4) is 0 Å². The molecule has 0 fully saturated rings. The van der Waals surface area contributed by atoms with E-state index in [1.807, 2.05) is 0 Å². The highest BCUT2D eigenvalue weighted by molar-refractivity contribution is 7.90. The molecule has 0 aliphatic rings. The van der Waals surface area contributed by atoms with Gasteiger partial charge in [0, 0.05) is 19.8 Å². The lowest BCUT2D eigenvalue weighted by atomic mass is 10.5. The van der Waals surface area contributed by atoms with Crippen LogP contribution in [0.15, 0.2) is 0 Å². The summed E-state index contributed by atoms with van der Waals surface area (Å²) in [5.41, 5.74) is 0. The predicted octanol–water partition coefficient (Wildman–Crippen LogP) is -0.258. The van der Waals surface area contributed by atoms with Crippen molar-refractivity contribution < 1.29 is 13.6 Å². The molecule has 0 aromatic heterocycles. The quantitative estimate of drug-likeness (QED) is 0.586. The average molecular weight is 167 g/mol. The van der Waals surface area contributed by atoms with E-state index in [1.54, 1.807) is 0 Å². The molecule has 0 aromatic carbocycles. The van der Waals surface area contributed by atoms with Gasteiger partial charge in [0.05, 0.1) is 5.75 Å². The van der Waals surface area contributed by atoms with Crippen LogP contribution in [-0.2, 0) is 9.84 Å². The van der Waals surface area contributed by atoms with E-state index in [4.69, 9.17) is 5.21 Å². The van der Waals surface area contributed by atoms with Gasteiger partial charge in [-0.15, -0.1) is 0 Å². The van der Waals surface area contributed by atoms with Gasteiger partial charge in [-0.1, -0.05) is 0 Å². The van der Waals surface area contributed by atoms with Crippen LogP contribution >= 0.6 is 0 Å². The number of hydrogen-bond acceptors (Lipinski definition) is 4. The molecule has 0 spiro atoms. The number of hydroxylamine groups is 2. The number of hydrogen-bond donors (Lipinski definition) is 1. The van der Waals surface area contributed by atoms with Gasteiger partial charge in [-0.3, -0.25) is 0 Å². The van der Waals surface area contributed by atoms with Crippen molar-refractivity contribution in [3.05, 3.63) is 0 Å². The molecule has 4 nitrogen and oxygen atoms in total. The molecule has 0 heterocycles. The van der Waals surface area contributed by atoms with Crippen LogP contribution in [0.2, 0.25) is 0 Å². The van der Waals surface area contributed by atoms with Crippen molar-refractivity contribution in [1.82, 2.24) is 5.06 Å². The number of sulfone groups is 1. The Morgan fingerprint density at radius 3 is 2.30 bits per heavy atom. The van der Waals surface area contributed by atoms with Crippen molar-refractivity contribution in [2.45, 2.75) is 6.42 Å². The summed E-state index contributed by atoms with van der Waals surface area (Å²) in [6.45, 7) is 0.396. The van der Waals surface area contributed by atoms with Crippen LogP contribution in [0.1, 0.15) is 6.42 Å². The van der Waals surface area contributed by atoms with Gasteiger partial charge in [0.15, 0.2) is 0 Å². The van der Waals surface area contributed by atoms with E-state index in [2.05, 4.69) is 0 Å². The number of nitrogens with zero attached hydrogens (tertiary/aromatic N) is 1. The highest BCUT2D eigenvalue weighted by Gasteiger charge is 2.01. The molecule has 0 amide bonds. The minimum Gasteiger partial charge on any atom is -0.314 e. The Morgan fingerprint density at radius 2 is 2.00 bits per heavy atom. The zero-order valence-electron chi connectivity index (χ0n) is 6.24. The fourth-order valence-electron chi connectivity index (χ4n) is 0.556. The van der Waals surface area contributed by atoms with Gasteiger partial charge in [0.25, 0.3) is 0 Å². The monoisotopic (exact) mass is 167 g/mol. The maximum Gasteiger partial charge on any atom is 0.147 e. The van der Waals surface area contributed by atoms with Crippen LogP contribution in [0.3, 0.4) is 0 Å². The Morgan fingerprint density at radius 1 is 1.50 bits per heavy atom. The fourth-order valence-corrected chi connectivity index (χ4v) is 1.21. The molecule has 0 saturated carbocycles. The average Bonchev–Trinajstić information content (AvgIpc) is 1.59. The maximum atomic E-state index is 10.5. The molecule has 0 rings (SSSR count). The molecule has 62 valence electrons. The van der Waals surface area contributed by atoms with Crippen molar-refractivity contribution in [2.24, 2.45) is 0 Å². The number of rotatable bonds is 4. The molecule has 0 saturated heterocycles. The van der Waals surface area contributed by atoms with Crippen LogP contribution in [0.4, 0.5) is 0 Å². The summed E-state index contributed by atoms with van der Waals surface area (Å²) >= 11 is 0. The summed E-state index contributed by atoms with van der Waals surface area (Å²) in [5.74, 6) is 0.137. The van der Waals surface area contributed by atoms with E-state index in [9.17, 15) is 8.42 Å². The summed E-state index contributed by atoms with van der Waals surface area (Å²) in [6, 6.07) is 0. The van der Waals surface area contributed by atoms with Crippen molar-refractivity contribution in [1.29, 1.82) is 0 Å². The molecular formula is C5H13NO3S. The molecule has 0 radical (unpaired) electrons. The first-order valence-electron chi connectivity index (χ1n) is 2.99. The summed E-state index contributed by atoms with van der Waals surface area (Å²) in [6.07, 6.45) is 1.66. The van der Waals surface area contributed by atoms with Gasteiger partial charge in [-0.2, -0.15) is 5.06 Å². The van der Waals surface area contributed by atoms with E-state index < -0.39 is 9.84 Å². The third-order valence-electron chi connectivity index (χ3n) is 0.997. The highest BCUT2D eigenvalue weighted by atomic mass is 32.2. The molecule has 0 bridgehead atoms. The molecular weight excluding hydrogens is 154 g/mol. The van der Waals surface area contributed by atoms with E-state index in [1.165, 1.54) is 13.3 Å². The van der Waals surface area contributed by atoms with E-state index >= 15 is 0 Å². The molecule has 0 aliphatic carbocycles. The lowest BCUT2D eigenvalue weighted by Gasteiger charge is -2.05. The highest BCUT2D eigenvalue weighted by Crippen LogP contribution is 1.89. The topological polar surface area (TPSA) is 57.6 Å². The van der Waals surface area contributed by atoms with Gasteiger partial charge in [0.2, 0.25) is 0 Å². The maximum absolute atomic E-state index is 10.5. The minimum atomic E-state index is -2.86. The molecule has 10 heavy (non-hydrogen) atoms. The van der Waals surface area contributed by atoms with Gasteiger partial charge < -0.3 is 5.21 Å². The Hall–Kier alpha value is -0.130. The molecule has 0 aromatic rings. The third-order valence-corrected chi connectivity index (χ3v) is 2.03. The van der Waals surface area contributed by atoms with Crippen LogP contribution < -0.4 is 0 Å². The second-order valence-corrected chi connectivity index (χ2v) is 4.62.